The third kappa shape index (κ3) is 5.21. The van der Waals surface area contributed by atoms with Gasteiger partial charge >= 0.3 is 12.2 Å². The Morgan fingerprint density at radius 2 is 1.65 bits per heavy atom. The van der Waals surface area contributed by atoms with Crippen LogP contribution < -0.4 is 0 Å². The molecule has 17 heavy (non-hydrogen) atoms. The molecule has 0 aliphatic heterocycles. The maximum Gasteiger partial charge on any atom is 0.426 e. The number of carbonyl (C=O) groups excluding carboxylic acids is 2. The Hall–Kier alpha value is -1.76. The van der Waals surface area contributed by atoms with E-state index in [1.54, 1.807) is 6.26 Å². The van der Waals surface area contributed by atoms with Crippen LogP contribution in [0.5, 0.6) is 0 Å². The van der Waals surface area contributed by atoms with Crippen molar-refractivity contribution in [3.63, 3.8) is 0 Å². The molecule has 94 valence electrons. The largest absolute Gasteiger partial charge is 0.445 e. The number of carbonyl (C=O) groups is 2. The van der Waals surface area contributed by atoms with E-state index in [1.165, 1.54) is 12.2 Å². The third-order valence-electron chi connectivity index (χ3n) is 1.41. The Morgan fingerprint density at radius 1 is 1.24 bits per heavy atom. The van der Waals surface area contributed by atoms with Gasteiger partial charge in [-0.25, -0.2) is 9.59 Å². The third-order valence-corrected chi connectivity index (χ3v) is 1.98. The van der Waals surface area contributed by atoms with Crippen LogP contribution >= 0.6 is 11.8 Å². The summed E-state index contributed by atoms with van der Waals surface area (Å²) in [5, 5.41) is 7.18. The van der Waals surface area contributed by atoms with Crippen molar-refractivity contribution in [1.29, 1.82) is 5.41 Å². The van der Waals surface area contributed by atoms with E-state index in [2.05, 4.69) is 22.6 Å². The van der Waals surface area contributed by atoms with Crippen LogP contribution in [0.4, 0.5) is 9.59 Å². The number of imide groups is 1. The first-order valence-electron chi connectivity index (χ1n) is 4.56. The molecule has 0 heterocycles. The average Bonchev–Trinajstić information content (AvgIpc) is 2.33. The molecule has 7 heteroatoms. The van der Waals surface area contributed by atoms with Crippen LogP contribution in [0.2, 0.25) is 0 Å². The molecule has 0 aromatic heterocycles. The van der Waals surface area contributed by atoms with E-state index in [9.17, 15) is 9.59 Å². The summed E-state index contributed by atoms with van der Waals surface area (Å²) in [4.78, 5) is 23.5. The Morgan fingerprint density at radius 3 is 1.94 bits per heavy atom. The number of ether oxygens (including phenoxy) is 2. The summed E-state index contributed by atoms with van der Waals surface area (Å²) in [6, 6.07) is 0. The van der Waals surface area contributed by atoms with Crippen molar-refractivity contribution in [1.82, 2.24) is 4.90 Å². The predicted octanol–water partition coefficient (Wildman–Crippen LogP) is 2.23. The molecule has 0 atom stereocenters. The van der Waals surface area contributed by atoms with Crippen molar-refractivity contribution >= 4 is 29.1 Å². The van der Waals surface area contributed by atoms with Crippen molar-refractivity contribution in [2.75, 3.05) is 19.5 Å². The van der Waals surface area contributed by atoms with Crippen molar-refractivity contribution in [2.45, 2.75) is 0 Å². The molecule has 0 rings (SSSR count). The molecule has 0 aliphatic rings. The minimum absolute atomic E-state index is 0.0499. The van der Waals surface area contributed by atoms with Gasteiger partial charge in [0, 0.05) is 0 Å². The molecule has 0 unspecified atom stereocenters. The maximum atomic E-state index is 11.5. The molecule has 6 nitrogen and oxygen atoms in total. The van der Waals surface area contributed by atoms with Crippen molar-refractivity contribution in [3.05, 3.63) is 25.3 Å². The van der Waals surface area contributed by atoms with Crippen LogP contribution in [0.25, 0.3) is 0 Å². The lowest BCUT2D eigenvalue weighted by atomic mass is 10.7. The summed E-state index contributed by atoms with van der Waals surface area (Å²) >= 11 is 0.912. The standard InChI is InChI=1S/C10H14N2O4S/c1-4-6-15-9(13)12(8(11)17-3)10(14)16-7-5-2/h4-5,11H,1-2,6-7H2,3H3. The monoisotopic (exact) mass is 258 g/mol. The van der Waals surface area contributed by atoms with Crippen LogP contribution in [0.15, 0.2) is 25.3 Å². The van der Waals surface area contributed by atoms with Crippen molar-refractivity contribution in [2.24, 2.45) is 0 Å². The van der Waals surface area contributed by atoms with E-state index in [0.29, 0.717) is 4.90 Å². The predicted molar refractivity (Wildman–Crippen MR) is 66.2 cm³/mol. The molecule has 2 amide bonds. The quantitative estimate of drug-likeness (QED) is 0.475. The number of hydrogen-bond donors (Lipinski definition) is 1. The molecule has 0 fully saturated rings. The molecule has 0 aliphatic carbocycles. The summed E-state index contributed by atoms with van der Waals surface area (Å²) in [6.07, 6.45) is 2.31. The van der Waals surface area contributed by atoms with E-state index in [-0.39, 0.29) is 18.4 Å². The fraction of sp³-hybridized carbons (Fsp3) is 0.300. The highest BCUT2D eigenvalue weighted by Gasteiger charge is 2.28. The number of nitrogens with one attached hydrogen (secondary N) is 1. The molecular weight excluding hydrogens is 244 g/mol. The first-order chi connectivity index (χ1) is 8.08. The molecule has 0 radical (unpaired) electrons. The lowest BCUT2D eigenvalue weighted by Gasteiger charge is -2.18. The summed E-state index contributed by atoms with van der Waals surface area (Å²) in [6.45, 7) is 6.64. The van der Waals surface area contributed by atoms with Crippen molar-refractivity contribution in [3.8, 4) is 0 Å². The molecular formula is C10H14N2O4S. The van der Waals surface area contributed by atoms with E-state index in [4.69, 9.17) is 5.41 Å². The van der Waals surface area contributed by atoms with Gasteiger partial charge < -0.3 is 9.47 Å². The maximum absolute atomic E-state index is 11.5. The molecule has 0 bridgehead atoms. The Bertz CT molecular complexity index is 306. The molecule has 1 N–H and O–H groups in total. The van der Waals surface area contributed by atoms with Crippen LogP contribution in [0, 0.1) is 5.41 Å². The zero-order chi connectivity index (χ0) is 13.3. The summed E-state index contributed by atoms with van der Waals surface area (Å²) in [7, 11) is 0. The Balaban J connectivity index is 4.67. The highest BCUT2D eigenvalue weighted by Crippen LogP contribution is 2.08. The normalized spacial score (nSPS) is 9.00. The number of amidine groups is 1. The van der Waals surface area contributed by atoms with Crippen LogP contribution in [0.1, 0.15) is 0 Å². The molecule has 0 spiro atoms. The molecule has 0 saturated heterocycles. The van der Waals surface area contributed by atoms with E-state index >= 15 is 0 Å². The van der Waals surface area contributed by atoms with Crippen LogP contribution in [0.3, 0.4) is 0 Å². The number of amides is 2. The second kappa shape index (κ2) is 8.40. The first-order valence-corrected chi connectivity index (χ1v) is 5.78. The van der Waals surface area contributed by atoms with Gasteiger partial charge in [-0.1, -0.05) is 37.1 Å². The highest BCUT2D eigenvalue weighted by atomic mass is 32.2. The summed E-state index contributed by atoms with van der Waals surface area (Å²) < 4.78 is 9.33. The minimum Gasteiger partial charge on any atom is -0.445 e. The van der Waals surface area contributed by atoms with Gasteiger partial charge in [0.2, 0.25) is 0 Å². The highest BCUT2D eigenvalue weighted by molar-refractivity contribution is 8.13. The topological polar surface area (TPSA) is 79.7 Å². The fourth-order valence-corrected chi connectivity index (χ4v) is 1.05. The van der Waals surface area contributed by atoms with Crippen LogP contribution in [-0.4, -0.2) is 41.7 Å². The average molecular weight is 258 g/mol. The SMILES string of the molecule is C=CCOC(=O)N(C(=N)SC)C(=O)OCC=C. The Labute approximate surface area is 104 Å². The van der Waals surface area contributed by atoms with E-state index in [0.717, 1.165) is 11.8 Å². The minimum atomic E-state index is -0.974. The number of nitrogens with zero attached hydrogens (tertiary/aromatic N) is 1. The number of thioether (sulfide) groups is 1. The smallest absolute Gasteiger partial charge is 0.426 e. The van der Waals surface area contributed by atoms with Gasteiger partial charge in [-0.05, 0) is 6.26 Å². The number of hydrogen-bond acceptors (Lipinski definition) is 6. The second-order valence-corrected chi connectivity index (χ2v) is 3.37. The van der Waals surface area contributed by atoms with Gasteiger partial charge in [0.1, 0.15) is 13.2 Å². The molecule has 0 saturated carbocycles. The van der Waals surface area contributed by atoms with E-state index < -0.39 is 12.2 Å². The van der Waals surface area contributed by atoms with Gasteiger partial charge in [-0.3, -0.25) is 5.41 Å². The first kappa shape index (κ1) is 15.2. The Kier molecular flexibility index (Phi) is 7.53. The lowest BCUT2D eigenvalue weighted by molar-refractivity contribution is 0.108. The zero-order valence-electron chi connectivity index (χ0n) is 9.47. The fourth-order valence-electron chi connectivity index (χ4n) is 0.721. The summed E-state index contributed by atoms with van der Waals surface area (Å²) in [5.41, 5.74) is 0. The van der Waals surface area contributed by atoms with Gasteiger partial charge in [0.05, 0.1) is 0 Å². The number of rotatable bonds is 4. The summed E-state index contributed by atoms with van der Waals surface area (Å²) in [5.74, 6) is 0. The van der Waals surface area contributed by atoms with Gasteiger partial charge in [0.15, 0.2) is 5.17 Å². The lowest BCUT2D eigenvalue weighted by Crippen LogP contribution is -2.40. The van der Waals surface area contributed by atoms with E-state index in [1.807, 2.05) is 0 Å². The van der Waals surface area contributed by atoms with Crippen LogP contribution in [-0.2, 0) is 9.47 Å². The molecule has 0 aromatic rings. The molecule has 0 aromatic carbocycles. The van der Waals surface area contributed by atoms with Gasteiger partial charge in [-0.15, -0.1) is 0 Å². The van der Waals surface area contributed by atoms with Crippen molar-refractivity contribution < 1.29 is 19.1 Å². The van der Waals surface area contributed by atoms with Gasteiger partial charge in [-0.2, -0.15) is 4.90 Å². The zero-order valence-corrected chi connectivity index (χ0v) is 10.3. The second-order valence-electron chi connectivity index (χ2n) is 2.58. The van der Waals surface area contributed by atoms with Gasteiger partial charge in [0.25, 0.3) is 0 Å².